The molecule has 9 heteroatoms. The van der Waals surface area contributed by atoms with Gasteiger partial charge in [0.05, 0.1) is 40.5 Å². The van der Waals surface area contributed by atoms with Crippen LogP contribution < -0.4 is 5.32 Å². The van der Waals surface area contributed by atoms with Crippen molar-refractivity contribution in [3.8, 4) is 0 Å². The zero-order chi connectivity index (χ0) is 21.1. The monoisotopic (exact) mass is 435 g/mol. The van der Waals surface area contributed by atoms with Crippen molar-refractivity contribution in [2.75, 3.05) is 38.2 Å². The minimum atomic E-state index is -4.34. The molecule has 0 atom stereocenters. The predicted molar refractivity (Wildman–Crippen MR) is 110 cm³/mol. The lowest BCUT2D eigenvalue weighted by atomic mass is 10.1. The number of hydrogen-bond acceptors (Lipinski definition) is 5. The SMILES string of the molecule is O=C(CN1CCOCC1)Nc1ccc2nc(Cc3ccc(C(F)(F)F)cc3)sc2c1. The van der Waals surface area contributed by atoms with Crippen LogP contribution in [0.25, 0.3) is 10.2 Å². The number of nitrogens with zero attached hydrogens (tertiary/aromatic N) is 2. The molecular formula is C21H20F3N3O2S. The van der Waals surface area contributed by atoms with Crippen LogP contribution in [0.4, 0.5) is 18.9 Å². The molecule has 1 fully saturated rings. The Hall–Kier alpha value is -2.49. The van der Waals surface area contributed by atoms with E-state index in [2.05, 4.69) is 10.3 Å². The molecule has 3 aromatic rings. The Labute approximate surface area is 175 Å². The molecule has 30 heavy (non-hydrogen) atoms. The van der Waals surface area contributed by atoms with Crippen molar-refractivity contribution in [3.05, 3.63) is 58.6 Å². The number of nitrogens with one attached hydrogen (secondary N) is 1. The third-order valence-corrected chi connectivity index (χ3v) is 5.84. The quantitative estimate of drug-likeness (QED) is 0.654. The minimum absolute atomic E-state index is 0.0780. The summed E-state index contributed by atoms with van der Waals surface area (Å²) in [7, 11) is 0. The molecule has 1 amide bonds. The number of carbonyl (C=O) groups is 1. The number of halogens is 3. The van der Waals surface area contributed by atoms with E-state index in [4.69, 9.17) is 4.74 Å². The molecular weight excluding hydrogens is 415 g/mol. The van der Waals surface area contributed by atoms with Crippen molar-refractivity contribution in [1.29, 1.82) is 0 Å². The fourth-order valence-electron chi connectivity index (χ4n) is 3.27. The van der Waals surface area contributed by atoms with Gasteiger partial charge in [-0.05, 0) is 35.9 Å². The summed E-state index contributed by atoms with van der Waals surface area (Å²) in [5.74, 6) is -0.0780. The lowest BCUT2D eigenvalue weighted by molar-refractivity contribution is -0.137. The van der Waals surface area contributed by atoms with E-state index in [1.54, 1.807) is 6.07 Å². The molecule has 2 heterocycles. The van der Waals surface area contributed by atoms with Gasteiger partial charge in [-0.15, -0.1) is 11.3 Å². The smallest absolute Gasteiger partial charge is 0.379 e. The fraction of sp³-hybridized carbons (Fsp3) is 0.333. The first-order valence-corrected chi connectivity index (χ1v) is 10.3. The van der Waals surface area contributed by atoms with E-state index >= 15 is 0 Å². The third kappa shape index (κ3) is 5.16. The maximum atomic E-state index is 12.7. The van der Waals surface area contributed by atoms with Crippen LogP contribution in [0.5, 0.6) is 0 Å². The summed E-state index contributed by atoms with van der Waals surface area (Å²) in [6.45, 7) is 3.09. The van der Waals surface area contributed by atoms with Crippen LogP contribution in [0.2, 0.25) is 0 Å². The van der Waals surface area contributed by atoms with Crippen LogP contribution in [0.15, 0.2) is 42.5 Å². The van der Waals surface area contributed by atoms with Gasteiger partial charge in [-0.1, -0.05) is 12.1 Å². The van der Waals surface area contributed by atoms with E-state index in [1.807, 2.05) is 17.0 Å². The Morgan fingerprint density at radius 1 is 1.13 bits per heavy atom. The summed E-state index contributed by atoms with van der Waals surface area (Å²) in [4.78, 5) is 18.9. The van der Waals surface area contributed by atoms with Gasteiger partial charge in [0.25, 0.3) is 0 Å². The number of hydrogen-bond donors (Lipinski definition) is 1. The second kappa shape index (κ2) is 8.71. The highest BCUT2D eigenvalue weighted by Crippen LogP contribution is 2.30. The van der Waals surface area contributed by atoms with Gasteiger partial charge in [0.15, 0.2) is 0 Å². The van der Waals surface area contributed by atoms with Crippen molar-refractivity contribution in [2.24, 2.45) is 0 Å². The van der Waals surface area contributed by atoms with Crippen molar-refractivity contribution in [1.82, 2.24) is 9.88 Å². The van der Waals surface area contributed by atoms with Gasteiger partial charge in [0.2, 0.25) is 5.91 Å². The zero-order valence-corrected chi connectivity index (χ0v) is 16.9. The van der Waals surface area contributed by atoms with Gasteiger partial charge in [-0.2, -0.15) is 13.2 Å². The van der Waals surface area contributed by atoms with Gasteiger partial charge in [0.1, 0.15) is 0 Å². The van der Waals surface area contributed by atoms with Crippen LogP contribution in [-0.2, 0) is 22.1 Å². The van der Waals surface area contributed by atoms with Gasteiger partial charge < -0.3 is 10.1 Å². The zero-order valence-electron chi connectivity index (χ0n) is 16.0. The number of anilines is 1. The van der Waals surface area contributed by atoms with Crippen molar-refractivity contribution in [2.45, 2.75) is 12.6 Å². The number of amides is 1. The summed E-state index contributed by atoms with van der Waals surface area (Å²) in [6.07, 6.45) is -3.88. The van der Waals surface area contributed by atoms with Crippen molar-refractivity contribution in [3.63, 3.8) is 0 Å². The van der Waals surface area contributed by atoms with E-state index in [-0.39, 0.29) is 5.91 Å². The lowest BCUT2D eigenvalue weighted by Crippen LogP contribution is -2.41. The molecule has 2 aromatic carbocycles. The van der Waals surface area contributed by atoms with E-state index in [0.717, 1.165) is 46.0 Å². The third-order valence-electron chi connectivity index (χ3n) is 4.82. The molecule has 5 nitrogen and oxygen atoms in total. The highest BCUT2D eigenvalue weighted by atomic mass is 32.1. The first-order valence-electron chi connectivity index (χ1n) is 9.52. The average Bonchev–Trinajstić information content (AvgIpc) is 3.10. The van der Waals surface area contributed by atoms with E-state index in [1.165, 1.54) is 23.5 Å². The number of benzene rings is 2. The number of alkyl halides is 3. The Morgan fingerprint density at radius 3 is 2.57 bits per heavy atom. The number of morpholine rings is 1. The molecule has 0 unspecified atom stereocenters. The van der Waals surface area contributed by atoms with Gasteiger partial charge >= 0.3 is 6.18 Å². The predicted octanol–water partition coefficient (Wildman–Crippen LogP) is 4.18. The standard InChI is InChI=1S/C21H20F3N3O2S/c22-21(23,24)15-3-1-14(2-4-15)11-20-26-17-6-5-16(12-18(17)30-20)25-19(28)13-27-7-9-29-10-8-27/h1-6,12H,7-11,13H2,(H,25,28). The molecule has 1 aromatic heterocycles. The number of aromatic nitrogens is 1. The Morgan fingerprint density at radius 2 is 1.87 bits per heavy atom. The molecule has 0 saturated carbocycles. The average molecular weight is 435 g/mol. The van der Waals surface area contributed by atoms with Crippen molar-refractivity contribution < 1.29 is 22.7 Å². The van der Waals surface area contributed by atoms with Gasteiger partial charge in [0, 0.05) is 25.2 Å². The summed E-state index contributed by atoms with van der Waals surface area (Å²) >= 11 is 1.47. The van der Waals surface area contributed by atoms with E-state index in [0.29, 0.717) is 31.9 Å². The Balaban J connectivity index is 1.41. The number of ether oxygens (including phenoxy) is 1. The molecule has 4 rings (SSSR count). The highest BCUT2D eigenvalue weighted by Gasteiger charge is 2.29. The van der Waals surface area contributed by atoms with Crippen molar-refractivity contribution >= 4 is 33.1 Å². The second-order valence-corrected chi connectivity index (χ2v) is 8.21. The van der Waals surface area contributed by atoms with Gasteiger partial charge in [-0.25, -0.2) is 4.98 Å². The van der Waals surface area contributed by atoms with E-state index < -0.39 is 11.7 Å². The summed E-state index contributed by atoms with van der Waals surface area (Å²) in [5, 5.41) is 3.72. The molecule has 0 bridgehead atoms. The molecule has 1 N–H and O–H groups in total. The first-order chi connectivity index (χ1) is 14.4. The topological polar surface area (TPSA) is 54.5 Å². The highest BCUT2D eigenvalue weighted by molar-refractivity contribution is 7.18. The summed E-state index contributed by atoms with van der Waals surface area (Å²) in [6, 6.07) is 10.7. The maximum absolute atomic E-state index is 12.7. The minimum Gasteiger partial charge on any atom is -0.379 e. The summed E-state index contributed by atoms with van der Waals surface area (Å²) < 4.78 is 44.3. The number of rotatable bonds is 5. The Kier molecular flexibility index (Phi) is 6.03. The van der Waals surface area contributed by atoms with Crippen LogP contribution in [0, 0.1) is 0 Å². The molecule has 1 saturated heterocycles. The molecule has 0 aliphatic carbocycles. The number of carbonyl (C=O) groups excluding carboxylic acids is 1. The maximum Gasteiger partial charge on any atom is 0.416 e. The lowest BCUT2D eigenvalue weighted by Gasteiger charge is -2.25. The molecule has 1 aliphatic heterocycles. The largest absolute Gasteiger partial charge is 0.416 e. The van der Waals surface area contributed by atoms with Crippen LogP contribution >= 0.6 is 11.3 Å². The molecule has 1 aliphatic rings. The fourth-order valence-corrected chi connectivity index (χ4v) is 4.32. The number of fused-ring (bicyclic) bond motifs is 1. The van der Waals surface area contributed by atoms with Crippen LogP contribution in [0.1, 0.15) is 16.1 Å². The second-order valence-electron chi connectivity index (χ2n) is 7.10. The normalized spacial score (nSPS) is 15.4. The summed E-state index contributed by atoms with van der Waals surface area (Å²) in [5.41, 5.74) is 1.60. The number of thiazole rings is 1. The molecule has 158 valence electrons. The molecule has 0 radical (unpaired) electrons. The Bertz CT molecular complexity index is 1030. The molecule has 0 spiro atoms. The van der Waals surface area contributed by atoms with Gasteiger partial charge in [-0.3, -0.25) is 9.69 Å². The van der Waals surface area contributed by atoms with Crippen LogP contribution in [0.3, 0.4) is 0 Å². The first kappa shape index (κ1) is 20.8. The van der Waals surface area contributed by atoms with E-state index in [9.17, 15) is 18.0 Å². The van der Waals surface area contributed by atoms with Crippen LogP contribution in [-0.4, -0.2) is 48.6 Å².